The predicted molar refractivity (Wildman–Crippen MR) is 173 cm³/mol. The number of anilines is 2. The minimum atomic E-state index is -0.940. The summed E-state index contributed by atoms with van der Waals surface area (Å²) in [5.74, 6) is -1.02. The Morgan fingerprint density at radius 2 is 1.44 bits per heavy atom. The lowest BCUT2D eigenvalue weighted by Gasteiger charge is -2.37. The van der Waals surface area contributed by atoms with Crippen molar-refractivity contribution in [1.82, 2.24) is 10.2 Å². The van der Waals surface area contributed by atoms with Gasteiger partial charge in [0.15, 0.2) is 5.78 Å². The fraction of sp³-hybridized carbons (Fsp3) is 0.371. The average molecular weight is 615 g/mol. The van der Waals surface area contributed by atoms with Crippen molar-refractivity contribution in [3.63, 3.8) is 0 Å². The van der Waals surface area contributed by atoms with Crippen molar-refractivity contribution in [3.05, 3.63) is 95.6 Å². The first kappa shape index (κ1) is 33.0. The van der Waals surface area contributed by atoms with Gasteiger partial charge in [-0.1, -0.05) is 80.6 Å². The zero-order chi connectivity index (χ0) is 32.6. The second kappa shape index (κ2) is 14.7. The normalized spacial score (nSPS) is 14.0. The van der Waals surface area contributed by atoms with Crippen LogP contribution in [-0.4, -0.2) is 66.6 Å². The number of rotatable bonds is 9. The van der Waals surface area contributed by atoms with E-state index in [0.29, 0.717) is 48.7 Å². The summed E-state index contributed by atoms with van der Waals surface area (Å²) in [5, 5.41) is 5.67. The molecule has 10 nitrogen and oxygen atoms in total. The molecule has 1 aliphatic heterocycles. The summed E-state index contributed by atoms with van der Waals surface area (Å²) < 4.78 is 10.9. The number of carbonyl (C=O) groups is 4. The van der Waals surface area contributed by atoms with Crippen molar-refractivity contribution in [1.29, 1.82) is 0 Å². The summed E-state index contributed by atoms with van der Waals surface area (Å²) in [6.45, 7) is 10.9. The van der Waals surface area contributed by atoms with Gasteiger partial charge < -0.3 is 29.9 Å². The lowest BCUT2D eigenvalue weighted by molar-refractivity contribution is -0.119. The fourth-order valence-corrected chi connectivity index (χ4v) is 4.95. The van der Waals surface area contributed by atoms with Crippen LogP contribution in [0.5, 0.6) is 0 Å². The Kier molecular flexibility index (Phi) is 10.8. The molecule has 2 N–H and O–H groups in total. The molecule has 1 atom stereocenters. The molecule has 1 fully saturated rings. The molecule has 0 aromatic heterocycles. The van der Waals surface area contributed by atoms with E-state index in [1.165, 1.54) is 0 Å². The molecule has 0 aliphatic carbocycles. The van der Waals surface area contributed by atoms with Crippen LogP contribution in [-0.2, 0) is 20.9 Å². The van der Waals surface area contributed by atoms with E-state index in [9.17, 15) is 19.2 Å². The highest BCUT2D eigenvalue weighted by Crippen LogP contribution is 2.33. The third-order valence-corrected chi connectivity index (χ3v) is 7.28. The second-order valence-corrected chi connectivity index (χ2v) is 12.3. The van der Waals surface area contributed by atoms with Gasteiger partial charge in [0.1, 0.15) is 18.2 Å². The number of para-hydroxylation sites is 1. The van der Waals surface area contributed by atoms with Crippen molar-refractivity contribution >= 4 is 35.3 Å². The van der Waals surface area contributed by atoms with Crippen LogP contribution in [0.1, 0.15) is 56.1 Å². The van der Waals surface area contributed by atoms with Gasteiger partial charge in [-0.15, -0.1) is 0 Å². The molecule has 45 heavy (non-hydrogen) atoms. The van der Waals surface area contributed by atoms with Crippen LogP contribution >= 0.6 is 0 Å². The van der Waals surface area contributed by atoms with E-state index in [2.05, 4.69) is 10.6 Å². The molecule has 0 spiro atoms. The monoisotopic (exact) mass is 614 g/mol. The van der Waals surface area contributed by atoms with E-state index in [1.807, 2.05) is 82.0 Å². The highest BCUT2D eigenvalue weighted by Gasteiger charge is 2.31. The molecule has 238 valence electrons. The zero-order valence-corrected chi connectivity index (χ0v) is 26.5. The van der Waals surface area contributed by atoms with Gasteiger partial charge in [-0.2, -0.15) is 0 Å². The summed E-state index contributed by atoms with van der Waals surface area (Å²) >= 11 is 0. The van der Waals surface area contributed by atoms with Crippen molar-refractivity contribution in [2.45, 2.75) is 52.9 Å². The summed E-state index contributed by atoms with van der Waals surface area (Å²) in [6, 6.07) is 22.5. The maximum atomic E-state index is 13.8. The number of hydrogen-bond acceptors (Lipinski definition) is 7. The van der Waals surface area contributed by atoms with Gasteiger partial charge in [-0.05, 0) is 44.4 Å². The highest BCUT2D eigenvalue weighted by molar-refractivity contribution is 6.16. The number of ether oxygens (including phenoxy) is 2. The van der Waals surface area contributed by atoms with Gasteiger partial charge in [0, 0.05) is 37.3 Å². The van der Waals surface area contributed by atoms with Crippen LogP contribution in [0.15, 0.2) is 78.9 Å². The van der Waals surface area contributed by atoms with Crippen molar-refractivity contribution in [2.24, 2.45) is 5.92 Å². The maximum Gasteiger partial charge on any atom is 0.410 e. The molecule has 1 heterocycles. The number of nitrogens with zero attached hydrogens (tertiary/aromatic N) is 2. The third kappa shape index (κ3) is 9.07. The molecule has 3 aromatic carbocycles. The number of benzene rings is 3. The van der Waals surface area contributed by atoms with E-state index in [4.69, 9.17) is 9.47 Å². The molecular formula is C35H42N4O6. The molecule has 0 radical (unpaired) electrons. The number of hydrogen-bond donors (Lipinski definition) is 2. The van der Waals surface area contributed by atoms with Crippen LogP contribution in [0, 0.1) is 5.92 Å². The van der Waals surface area contributed by atoms with Crippen LogP contribution in [0.3, 0.4) is 0 Å². The number of piperazine rings is 1. The van der Waals surface area contributed by atoms with E-state index in [0.717, 1.165) is 5.56 Å². The van der Waals surface area contributed by atoms with Crippen molar-refractivity contribution in [2.75, 3.05) is 36.4 Å². The smallest absolute Gasteiger partial charge is 0.410 e. The first-order chi connectivity index (χ1) is 21.4. The molecular weight excluding hydrogens is 572 g/mol. The summed E-state index contributed by atoms with van der Waals surface area (Å²) in [6.07, 6.45) is -1.10. The number of amides is 3. The van der Waals surface area contributed by atoms with Gasteiger partial charge in [0.25, 0.3) is 0 Å². The summed E-state index contributed by atoms with van der Waals surface area (Å²) in [7, 11) is 0. The minimum absolute atomic E-state index is 0.0624. The van der Waals surface area contributed by atoms with Gasteiger partial charge in [0.05, 0.1) is 11.4 Å². The third-order valence-electron chi connectivity index (χ3n) is 7.28. The number of carbonyl (C=O) groups excluding carboxylic acids is 4. The minimum Gasteiger partial charge on any atom is -0.445 e. The van der Waals surface area contributed by atoms with Crippen molar-refractivity contribution in [3.8, 4) is 0 Å². The Balaban J connectivity index is 1.57. The molecule has 1 saturated heterocycles. The van der Waals surface area contributed by atoms with Gasteiger partial charge in [0.2, 0.25) is 5.91 Å². The van der Waals surface area contributed by atoms with E-state index in [1.54, 1.807) is 41.3 Å². The van der Waals surface area contributed by atoms with Gasteiger partial charge in [-0.25, -0.2) is 9.59 Å². The Bertz CT molecular complexity index is 1480. The van der Waals surface area contributed by atoms with E-state index < -0.39 is 23.6 Å². The van der Waals surface area contributed by atoms with Crippen LogP contribution < -0.4 is 15.5 Å². The topological polar surface area (TPSA) is 117 Å². The van der Waals surface area contributed by atoms with E-state index >= 15 is 0 Å². The van der Waals surface area contributed by atoms with Crippen molar-refractivity contribution < 1.29 is 28.7 Å². The number of ketones is 1. The van der Waals surface area contributed by atoms with E-state index in [-0.39, 0.29) is 24.4 Å². The van der Waals surface area contributed by atoms with Gasteiger partial charge in [-0.3, -0.25) is 9.59 Å². The first-order valence-electron chi connectivity index (χ1n) is 15.2. The lowest BCUT2D eigenvalue weighted by Crippen LogP contribution is -2.50. The molecule has 4 rings (SSSR count). The lowest BCUT2D eigenvalue weighted by atomic mass is 9.98. The molecule has 0 saturated carbocycles. The Labute approximate surface area is 264 Å². The summed E-state index contributed by atoms with van der Waals surface area (Å²) in [5.41, 5.74) is 1.99. The molecule has 1 aliphatic rings. The Morgan fingerprint density at radius 3 is 2.04 bits per heavy atom. The average Bonchev–Trinajstić information content (AvgIpc) is 3.02. The quantitative estimate of drug-likeness (QED) is 0.290. The number of nitrogens with one attached hydrogen (secondary N) is 2. The molecule has 0 unspecified atom stereocenters. The molecule has 3 aromatic rings. The molecule has 0 bridgehead atoms. The zero-order valence-electron chi connectivity index (χ0n) is 26.5. The largest absolute Gasteiger partial charge is 0.445 e. The first-order valence-corrected chi connectivity index (χ1v) is 15.2. The summed E-state index contributed by atoms with van der Waals surface area (Å²) in [4.78, 5) is 56.6. The van der Waals surface area contributed by atoms with Crippen LogP contribution in [0.4, 0.5) is 21.0 Å². The highest BCUT2D eigenvalue weighted by atomic mass is 16.6. The van der Waals surface area contributed by atoms with Gasteiger partial charge >= 0.3 is 12.2 Å². The number of alkyl carbamates (subject to hydrolysis) is 1. The standard InChI is InChI=1S/C35H42N4O6/c1-24(2)29(37-33(42)44-23-25-13-8-6-9-14-25)32(41)36-30-27(31(40)26-15-10-7-11-16-26)17-12-18-28(30)38-19-21-39(22-20-38)34(43)45-35(3,4)5/h6-18,24,29H,19-23H2,1-5H3,(H,36,41)(H,37,42)/t29-/m1/s1. The Morgan fingerprint density at radius 1 is 0.822 bits per heavy atom. The fourth-order valence-electron chi connectivity index (χ4n) is 4.95. The molecule has 10 heteroatoms. The van der Waals surface area contributed by atoms with Crippen LogP contribution in [0.2, 0.25) is 0 Å². The second-order valence-electron chi connectivity index (χ2n) is 12.3. The van der Waals surface area contributed by atoms with Crippen LogP contribution in [0.25, 0.3) is 0 Å². The molecule has 3 amide bonds. The Hall–Kier alpha value is -4.86. The predicted octanol–water partition coefficient (Wildman–Crippen LogP) is 5.86. The SMILES string of the molecule is CC(C)[C@@H](NC(=O)OCc1ccccc1)C(=O)Nc1c(C(=O)c2ccccc2)cccc1N1CCN(C(=O)OC(C)(C)C)CC1. The maximum absolute atomic E-state index is 13.8.